The molecule has 1 atom stereocenters. The van der Waals surface area contributed by atoms with Gasteiger partial charge in [0.05, 0.1) is 0 Å². The highest BCUT2D eigenvalue weighted by molar-refractivity contribution is 4.79. The average molecular weight is 224 g/mol. The normalized spacial score (nSPS) is 27.4. The van der Waals surface area contributed by atoms with E-state index in [1.54, 1.807) is 0 Å². The second-order valence-electron chi connectivity index (χ2n) is 5.99. The van der Waals surface area contributed by atoms with Gasteiger partial charge in [0.15, 0.2) is 0 Å². The molecule has 0 spiro atoms. The van der Waals surface area contributed by atoms with Crippen molar-refractivity contribution >= 4 is 0 Å². The summed E-state index contributed by atoms with van der Waals surface area (Å²) in [6.45, 7) is 6.24. The van der Waals surface area contributed by atoms with Gasteiger partial charge >= 0.3 is 0 Å². The Labute approximate surface area is 101 Å². The predicted octanol–water partition coefficient (Wildman–Crippen LogP) is 2.50. The summed E-state index contributed by atoms with van der Waals surface area (Å²) in [5.74, 6) is 1.89. The molecule has 0 aromatic rings. The molecule has 2 rings (SSSR count). The van der Waals surface area contributed by atoms with Gasteiger partial charge in [-0.2, -0.15) is 0 Å². The zero-order chi connectivity index (χ0) is 11.4. The first-order chi connectivity index (χ1) is 7.75. The van der Waals surface area contributed by atoms with Gasteiger partial charge in [-0.3, -0.25) is 0 Å². The fourth-order valence-corrected chi connectivity index (χ4v) is 3.24. The Morgan fingerprint density at radius 3 is 2.38 bits per heavy atom. The molecule has 2 aliphatic rings. The Bertz CT molecular complexity index is 191. The molecule has 1 unspecified atom stereocenters. The number of hydrogen-bond acceptors (Lipinski definition) is 2. The van der Waals surface area contributed by atoms with E-state index in [1.807, 2.05) is 0 Å². The van der Waals surface area contributed by atoms with Crippen LogP contribution in [0.3, 0.4) is 0 Å². The van der Waals surface area contributed by atoms with Gasteiger partial charge in [-0.1, -0.05) is 12.8 Å². The van der Waals surface area contributed by atoms with Gasteiger partial charge in [0.2, 0.25) is 0 Å². The van der Waals surface area contributed by atoms with Crippen molar-refractivity contribution in [1.82, 2.24) is 10.2 Å². The molecule has 0 amide bonds. The Morgan fingerprint density at radius 2 is 1.75 bits per heavy atom. The maximum absolute atomic E-state index is 3.79. The minimum atomic E-state index is 0.752. The molecule has 1 saturated heterocycles. The van der Waals surface area contributed by atoms with Crippen LogP contribution in [0.4, 0.5) is 0 Å². The van der Waals surface area contributed by atoms with E-state index < -0.39 is 0 Å². The maximum atomic E-state index is 3.79. The summed E-state index contributed by atoms with van der Waals surface area (Å²) in [5.41, 5.74) is 0. The molecule has 2 nitrogen and oxygen atoms in total. The third-order valence-corrected chi connectivity index (χ3v) is 4.67. The second kappa shape index (κ2) is 6.02. The number of rotatable bonds is 4. The zero-order valence-corrected chi connectivity index (χ0v) is 11.0. The van der Waals surface area contributed by atoms with Crippen LogP contribution in [-0.2, 0) is 0 Å². The lowest BCUT2D eigenvalue weighted by Gasteiger charge is -2.30. The van der Waals surface area contributed by atoms with E-state index >= 15 is 0 Å². The van der Waals surface area contributed by atoms with Crippen molar-refractivity contribution in [3.8, 4) is 0 Å². The van der Waals surface area contributed by atoms with E-state index in [1.165, 1.54) is 58.2 Å². The fourth-order valence-electron chi connectivity index (χ4n) is 3.24. The first-order valence-corrected chi connectivity index (χ1v) is 7.17. The lowest BCUT2D eigenvalue weighted by Crippen LogP contribution is -2.39. The summed E-state index contributed by atoms with van der Waals surface area (Å²) >= 11 is 0. The van der Waals surface area contributed by atoms with E-state index in [0.717, 1.165) is 17.9 Å². The molecule has 16 heavy (non-hydrogen) atoms. The monoisotopic (exact) mass is 224 g/mol. The lowest BCUT2D eigenvalue weighted by atomic mass is 9.95. The Kier molecular flexibility index (Phi) is 4.66. The van der Waals surface area contributed by atoms with Crippen LogP contribution in [0.15, 0.2) is 0 Å². The quantitative estimate of drug-likeness (QED) is 0.789. The van der Waals surface area contributed by atoms with Crippen LogP contribution < -0.4 is 5.32 Å². The van der Waals surface area contributed by atoms with E-state index in [-0.39, 0.29) is 0 Å². The maximum Gasteiger partial charge on any atom is 0.00671 e. The summed E-state index contributed by atoms with van der Waals surface area (Å²) < 4.78 is 0. The van der Waals surface area contributed by atoms with Crippen LogP contribution in [-0.4, -0.2) is 37.6 Å². The molecule has 94 valence electrons. The van der Waals surface area contributed by atoms with Gasteiger partial charge in [0, 0.05) is 6.04 Å². The molecule has 2 fully saturated rings. The van der Waals surface area contributed by atoms with Crippen LogP contribution in [0.2, 0.25) is 0 Å². The van der Waals surface area contributed by atoms with Gasteiger partial charge in [0.1, 0.15) is 0 Å². The van der Waals surface area contributed by atoms with Gasteiger partial charge in [0.25, 0.3) is 0 Å². The molecular formula is C14H28N2. The number of nitrogens with one attached hydrogen (secondary N) is 1. The van der Waals surface area contributed by atoms with Crippen molar-refractivity contribution < 1.29 is 0 Å². The minimum absolute atomic E-state index is 0.752. The summed E-state index contributed by atoms with van der Waals surface area (Å²) in [4.78, 5) is 2.46. The molecule has 1 saturated carbocycles. The van der Waals surface area contributed by atoms with E-state index in [0.29, 0.717) is 0 Å². The molecule has 2 heteroatoms. The minimum Gasteiger partial charge on any atom is -0.314 e. The topological polar surface area (TPSA) is 15.3 Å². The van der Waals surface area contributed by atoms with Crippen LogP contribution in [0.25, 0.3) is 0 Å². The number of piperidine rings is 1. The second-order valence-corrected chi connectivity index (χ2v) is 5.99. The third kappa shape index (κ3) is 3.46. The van der Waals surface area contributed by atoms with Crippen molar-refractivity contribution in [3.63, 3.8) is 0 Å². The standard InChI is InChI=1S/C14H28N2/c1-12(14-5-3-4-6-14)15-11-13-7-9-16(2)10-8-13/h12-15H,3-11H2,1-2H3. The van der Waals surface area contributed by atoms with Crippen LogP contribution in [0.1, 0.15) is 45.4 Å². The van der Waals surface area contributed by atoms with E-state index in [2.05, 4.69) is 24.2 Å². The van der Waals surface area contributed by atoms with E-state index in [9.17, 15) is 0 Å². The highest BCUT2D eigenvalue weighted by atomic mass is 15.1. The smallest absolute Gasteiger partial charge is 0.00671 e. The Hall–Kier alpha value is -0.0800. The van der Waals surface area contributed by atoms with Crippen molar-refractivity contribution in [2.45, 2.75) is 51.5 Å². The number of hydrogen-bond donors (Lipinski definition) is 1. The first kappa shape index (κ1) is 12.4. The van der Waals surface area contributed by atoms with Gasteiger partial charge in [-0.25, -0.2) is 0 Å². The van der Waals surface area contributed by atoms with E-state index in [4.69, 9.17) is 0 Å². The average Bonchev–Trinajstić information content (AvgIpc) is 2.81. The highest BCUT2D eigenvalue weighted by Crippen LogP contribution is 2.27. The first-order valence-electron chi connectivity index (χ1n) is 7.17. The lowest BCUT2D eigenvalue weighted by molar-refractivity contribution is 0.208. The molecule has 0 radical (unpaired) electrons. The fraction of sp³-hybridized carbons (Fsp3) is 1.00. The summed E-state index contributed by atoms with van der Waals surface area (Å²) in [7, 11) is 2.24. The van der Waals surface area contributed by atoms with Gasteiger partial charge < -0.3 is 10.2 Å². The van der Waals surface area contributed by atoms with Crippen molar-refractivity contribution in [2.75, 3.05) is 26.7 Å². The molecule has 1 aliphatic heterocycles. The SMILES string of the molecule is CC(NCC1CCN(C)CC1)C1CCCC1. The Morgan fingerprint density at radius 1 is 1.12 bits per heavy atom. The summed E-state index contributed by atoms with van der Waals surface area (Å²) in [6, 6.07) is 0.752. The molecular weight excluding hydrogens is 196 g/mol. The largest absolute Gasteiger partial charge is 0.314 e. The van der Waals surface area contributed by atoms with Crippen molar-refractivity contribution in [2.24, 2.45) is 11.8 Å². The molecule has 1 heterocycles. The molecule has 0 aromatic carbocycles. The van der Waals surface area contributed by atoms with Crippen LogP contribution in [0, 0.1) is 11.8 Å². The van der Waals surface area contributed by atoms with Crippen molar-refractivity contribution in [3.05, 3.63) is 0 Å². The molecule has 0 aromatic heterocycles. The molecule has 1 aliphatic carbocycles. The molecule has 0 bridgehead atoms. The van der Waals surface area contributed by atoms with Gasteiger partial charge in [-0.05, 0) is 71.1 Å². The summed E-state index contributed by atoms with van der Waals surface area (Å²) in [5, 5.41) is 3.79. The highest BCUT2D eigenvalue weighted by Gasteiger charge is 2.22. The number of likely N-dealkylation sites (tertiary alicyclic amines) is 1. The molecule has 1 N–H and O–H groups in total. The van der Waals surface area contributed by atoms with Crippen LogP contribution >= 0.6 is 0 Å². The zero-order valence-electron chi connectivity index (χ0n) is 11.0. The number of nitrogens with zero attached hydrogens (tertiary/aromatic N) is 1. The predicted molar refractivity (Wildman–Crippen MR) is 69.6 cm³/mol. The van der Waals surface area contributed by atoms with Gasteiger partial charge in [-0.15, -0.1) is 0 Å². The summed E-state index contributed by atoms with van der Waals surface area (Å²) in [6.07, 6.45) is 8.63. The third-order valence-electron chi connectivity index (χ3n) is 4.67. The Balaban J connectivity index is 1.62. The van der Waals surface area contributed by atoms with Crippen LogP contribution in [0.5, 0.6) is 0 Å². The van der Waals surface area contributed by atoms with Crippen molar-refractivity contribution in [1.29, 1.82) is 0 Å².